The van der Waals surface area contributed by atoms with E-state index >= 15 is 0 Å². The quantitative estimate of drug-likeness (QED) is 0.811. The molecule has 0 fully saturated rings. The SMILES string of the molecule is Cn1cc(C(=O)OCc2ccccc2)c(O)c1O. The van der Waals surface area contributed by atoms with Gasteiger partial charge in [0.1, 0.15) is 12.2 Å². The zero-order chi connectivity index (χ0) is 13.1. The van der Waals surface area contributed by atoms with Gasteiger partial charge in [-0.3, -0.25) is 0 Å². The van der Waals surface area contributed by atoms with Gasteiger partial charge in [0, 0.05) is 13.2 Å². The number of carbonyl (C=O) groups is 1. The number of hydrogen-bond donors (Lipinski definition) is 2. The number of aromatic hydroxyl groups is 2. The van der Waals surface area contributed by atoms with E-state index in [1.54, 1.807) is 0 Å². The van der Waals surface area contributed by atoms with Crippen molar-refractivity contribution >= 4 is 5.97 Å². The van der Waals surface area contributed by atoms with E-state index in [1.807, 2.05) is 30.3 Å². The fourth-order valence-corrected chi connectivity index (χ4v) is 1.55. The highest BCUT2D eigenvalue weighted by Crippen LogP contribution is 2.30. The Hall–Kier alpha value is -2.43. The van der Waals surface area contributed by atoms with E-state index in [-0.39, 0.29) is 18.1 Å². The van der Waals surface area contributed by atoms with E-state index in [1.165, 1.54) is 17.8 Å². The van der Waals surface area contributed by atoms with Crippen LogP contribution in [0, 0.1) is 0 Å². The first-order valence-electron chi connectivity index (χ1n) is 5.38. The van der Waals surface area contributed by atoms with Gasteiger partial charge in [-0.15, -0.1) is 0 Å². The van der Waals surface area contributed by atoms with Gasteiger partial charge in [0.2, 0.25) is 5.88 Å². The minimum absolute atomic E-state index is 0.0501. The highest BCUT2D eigenvalue weighted by Gasteiger charge is 2.19. The maximum absolute atomic E-state index is 11.7. The van der Waals surface area contributed by atoms with Gasteiger partial charge in [-0.1, -0.05) is 30.3 Å². The van der Waals surface area contributed by atoms with E-state index in [0.717, 1.165) is 5.56 Å². The maximum Gasteiger partial charge on any atom is 0.343 e. The number of aromatic nitrogens is 1. The Morgan fingerprint density at radius 1 is 1.28 bits per heavy atom. The second kappa shape index (κ2) is 4.83. The first kappa shape index (κ1) is 12.0. The second-order valence-electron chi connectivity index (χ2n) is 3.89. The van der Waals surface area contributed by atoms with E-state index < -0.39 is 11.7 Å². The number of benzene rings is 1. The first-order chi connectivity index (χ1) is 8.59. The average Bonchev–Trinajstić information content (AvgIpc) is 2.65. The lowest BCUT2D eigenvalue weighted by Gasteiger charge is -2.03. The summed E-state index contributed by atoms with van der Waals surface area (Å²) in [7, 11) is 1.52. The summed E-state index contributed by atoms with van der Waals surface area (Å²) < 4.78 is 6.28. The largest absolute Gasteiger partial charge is 0.503 e. The topological polar surface area (TPSA) is 71.7 Å². The highest BCUT2D eigenvalue weighted by molar-refractivity contribution is 5.93. The van der Waals surface area contributed by atoms with Crippen molar-refractivity contribution in [2.45, 2.75) is 6.61 Å². The molecule has 1 aromatic heterocycles. The van der Waals surface area contributed by atoms with E-state index in [2.05, 4.69) is 0 Å². The fourth-order valence-electron chi connectivity index (χ4n) is 1.55. The lowest BCUT2D eigenvalue weighted by Crippen LogP contribution is -2.04. The minimum atomic E-state index is -0.674. The summed E-state index contributed by atoms with van der Waals surface area (Å²) in [4.78, 5) is 11.7. The molecule has 5 heteroatoms. The number of aryl methyl sites for hydroxylation is 1. The van der Waals surface area contributed by atoms with Crippen molar-refractivity contribution in [2.75, 3.05) is 0 Å². The van der Waals surface area contributed by atoms with Crippen molar-refractivity contribution in [3.63, 3.8) is 0 Å². The molecule has 0 bridgehead atoms. The van der Waals surface area contributed by atoms with Crippen LogP contribution in [0.1, 0.15) is 15.9 Å². The molecule has 0 saturated heterocycles. The molecule has 1 aromatic carbocycles. The lowest BCUT2D eigenvalue weighted by molar-refractivity contribution is 0.0469. The summed E-state index contributed by atoms with van der Waals surface area (Å²) in [6.45, 7) is 0.120. The molecule has 0 spiro atoms. The van der Waals surface area contributed by atoms with Crippen LogP contribution in [0.2, 0.25) is 0 Å². The predicted octanol–water partition coefficient (Wildman–Crippen LogP) is 1.79. The molecule has 0 aliphatic carbocycles. The van der Waals surface area contributed by atoms with Crippen molar-refractivity contribution in [3.8, 4) is 11.6 Å². The third-order valence-corrected chi connectivity index (χ3v) is 2.56. The number of nitrogens with zero attached hydrogens (tertiary/aromatic N) is 1. The summed E-state index contributed by atoms with van der Waals surface area (Å²) in [6, 6.07) is 9.21. The third-order valence-electron chi connectivity index (χ3n) is 2.56. The van der Waals surface area contributed by atoms with Gasteiger partial charge in [0.05, 0.1) is 0 Å². The molecule has 0 saturated carbocycles. The van der Waals surface area contributed by atoms with E-state index in [9.17, 15) is 15.0 Å². The molecule has 2 aromatic rings. The average molecular weight is 247 g/mol. The smallest absolute Gasteiger partial charge is 0.343 e. The monoisotopic (exact) mass is 247 g/mol. The van der Waals surface area contributed by atoms with Crippen LogP contribution in [-0.2, 0) is 18.4 Å². The fraction of sp³-hybridized carbons (Fsp3) is 0.154. The number of carbonyl (C=O) groups excluding carboxylic acids is 1. The van der Waals surface area contributed by atoms with Crippen LogP contribution < -0.4 is 0 Å². The van der Waals surface area contributed by atoms with Gasteiger partial charge in [-0.2, -0.15) is 0 Å². The van der Waals surface area contributed by atoms with Crippen molar-refractivity contribution in [1.29, 1.82) is 0 Å². The summed E-state index contributed by atoms with van der Waals surface area (Å²) in [5.74, 6) is -1.50. The van der Waals surface area contributed by atoms with Crippen molar-refractivity contribution in [1.82, 2.24) is 4.57 Å². The van der Waals surface area contributed by atoms with Crippen LogP contribution in [0.25, 0.3) is 0 Å². The second-order valence-corrected chi connectivity index (χ2v) is 3.89. The van der Waals surface area contributed by atoms with Gasteiger partial charge < -0.3 is 19.5 Å². The van der Waals surface area contributed by atoms with Gasteiger partial charge in [0.25, 0.3) is 0 Å². The normalized spacial score (nSPS) is 10.3. The summed E-state index contributed by atoms with van der Waals surface area (Å²) in [6.07, 6.45) is 1.32. The Balaban J connectivity index is 2.06. The highest BCUT2D eigenvalue weighted by atomic mass is 16.5. The molecule has 1 heterocycles. The van der Waals surface area contributed by atoms with Gasteiger partial charge in [0.15, 0.2) is 5.75 Å². The molecule has 0 unspecified atom stereocenters. The molecular formula is C13H13NO4. The summed E-state index contributed by atoms with van der Waals surface area (Å²) >= 11 is 0. The van der Waals surface area contributed by atoms with Crippen LogP contribution in [0.3, 0.4) is 0 Å². The molecule has 2 rings (SSSR count). The minimum Gasteiger partial charge on any atom is -0.503 e. The Kier molecular flexibility index (Phi) is 3.23. The lowest BCUT2D eigenvalue weighted by atomic mass is 10.2. The van der Waals surface area contributed by atoms with Crippen LogP contribution in [0.15, 0.2) is 36.5 Å². The Labute approximate surface area is 104 Å². The molecular weight excluding hydrogens is 234 g/mol. The molecule has 0 amide bonds. The summed E-state index contributed by atoms with van der Waals surface area (Å²) in [5, 5.41) is 18.9. The number of esters is 1. The van der Waals surface area contributed by atoms with Crippen molar-refractivity contribution < 1.29 is 19.7 Å². The number of rotatable bonds is 3. The van der Waals surface area contributed by atoms with E-state index in [0.29, 0.717) is 0 Å². The third kappa shape index (κ3) is 2.29. The molecule has 0 aliphatic rings. The molecule has 0 atom stereocenters. The Morgan fingerprint density at radius 3 is 2.50 bits per heavy atom. The molecule has 5 nitrogen and oxygen atoms in total. The van der Waals surface area contributed by atoms with Crippen LogP contribution in [-0.4, -0.2) is 20.7 Å². The van der Waals surface area contributed by atoms with Crippen LogP contribution in [0.4, 0.5) is 0 Å². The van der Waals surface area contributed by atoms with Crippen LogP contribution >= 0.6 is 0 Å². The molecule has 0 radical (unpaired) electrons. The molecule has 2 N–H and O–H groups in total. The van der Waals surface area contributed by atoms with Gasteiger partial charge >= 0.3 is 5.97 Å². The van der Waals surface area contributed by atoms with Crippen molar-refractivity contribution in [2.24, 2.45) is 7.05 Å². The van der Waals surface area contributed by atoms with Gasteiger partial charge in [-0.05, 0) is 5.56 Å². The predicted molar refractivity (Wildman–Crippen MR) is 64.3 cm³/mol. The van der Waals surface area contributed by atoms with Gasteiger partial charge in [-0.25, -0.2) is 4.79 Å². The van der Waals surface area contributed by atoms with E-state index in [4.69, 9.17) is 4.74 Å². The Bertz CT molecular complexity index is 560. The maximum atomic E-state index is 11.7. The zero-order valence-corrected chi connectivity index (χ0v) is 9.83. The first-order valence-corrected chi connectivity index (χ1v) is 5.38. The molecule has 94 valence electrons. The molecule has 18 heavy (non-hydrogen) atoms. The van der Waals surface area contributed by atoms with Crippen molar-refractivity contribution in [3.05, 3.63) is 47.7 Å². The Morgan fingerprint density at radius 2 is 1.94 bits per heavy atom. The zero-order valence-electron chi connectivity index (χ0n) is 9.83. The van der Waals surface area contributed by atoms with Crippen LogP contribution in [0.5, 0.6) is 11.6 Å². The summed E-state index contributed by atoms with van der Waals surface area (Å²) in [5.41, 5.74) is 0.802. The number of hydrogen-bond acceptors (Lipinski definition) is 4. The number of ether oxygens (including phenoxy) is 1. The molecule has 0 aliphatic heterocycles. The standard InChI is InChI=1S/C13H13NO4/c1-14-7-10(11(15)12(14)16)13(17)18-8-9-5-3-2-4-6-9/h2-7,15-16H,8H2,1H3.